The lowest BCUT2D eigenvalue weighted by atomic mass is 10.2. The predicted octanol–water partition coefficient (Wildman–Crippen LogP) is 2.19. The van der Waals surface area contributed by atoms with Crippen molar-refractivity contribution in [1.82, 2.24) is 20.3 Å². The van der Waals surface area contributed by atoms with Gasteiger partial charge in [0.2, 0.25) is 0 Å². The fourth-order valence-electron chi connectivity index (χ4n) is 1.47. The molecule has 2 aromatic heterocycles. The van der Waals surface area contributed by atoms with Gasteiger partial charge in [0.1, 0.15) is 17.0 Å². The van der Waals surface area contributed by atoms with Crippen LogP contribution in [0.1, 0.15) is 23.5 Å². The van der Waals surface area contributed by atoms with Crippen LogP contribution in [0.2, 0.25) is 0 Å². The van der Waals surface area contributed by atoms with Gasteiger partial charge in [0.05, 0.1) is 5.69 Å². The molecule has 1 unspecified atom stereocenters. The van der Waals surface area contributed by atoms with Gasteiger partial charge in [-0.05, 0) is 27.0 Å². The second kappa shape index (κ2) is 4.67. The first-order valence-corrected chi connectivity index (χ1v) is 5.95. The van der Waals surface area contributed by atoms with Gasteiger partial charge in [-0.2, -0.15) is 0 Å². The molecule has 2 aromatic rings. The number of hydrogen-bond acceptors (Lipinski definition) is 5. The Morgan fingerprint density at radius 3 is 2.88 bits per heavy atom. The van der Waals surface area contributed by atoms with Crippen molar-refractivity contribution >= 4 is 11.3 Å². The van der Waals surface area contributed by atoms with Crippen LogP contribution in [0.5, 0.6) is 0 Å². The molecule has 0 bridgehead atoms. The first-order chi connectivity index (χ1) is 7.72. The predicted molar refractivity (Wildman–Crippen MR) is 65.4 cm³/mol. The molecule has 0 spiro atoms. The molecule has 5 heteroatoms. The van der Waals surface area contributed by atoms with Gasteiger partial charge in [0.15, 0.2) is 0 Å². The van der Waals surface area contributed by atoms with Crippen molar-refractivity contribution in [3.8, 4) is 10.7 Å². The Morgan fingerprint density at radius 1 is 1.44 bits per heavy atom. The SMILES string of the molecule is CNC(C)c1sc(-c2ccncn2)nc1C. The third kappa shape index (κ3) is 2.10. The zero-order chi connectivity index (χ0) is 11.5. The van der Waals surface area contributed by atoms with Gasteiger partial charge >= 0.3 is 0 Å². The van der Waals surface area contributed by atoms with Crippen LogP contribution in [-0.4, -0.2) is 22.0 Å². The monoisotopic (exact) mass is 234 g/mol. The topological polar surface area (TPSA) is 50.7 Å². The Kier molecular flexibility index (Phi) is 3.26. The van der Waals surface area contributed by atoms with Crippen LogP contribution in [0.25, 0.3) is 10.7 Å². The molecule has 0 saturated carbocycles. The Morgan fingerprint density at radius 2 is 2.25 bits per heavy atom. The minimum atomic E-state index is 0.327. The third-order valence-electron chi connectivity index (χ3n) is 2.46. The van der Waals surface area contributed by atoms with E-state index in [0.717, 1.165) is 16.4 Å². The van der Waals surface area contributed by atoms with E-state index in [4.69, 9.17) is 0 Å². The number of hydrogen-bond donors (Lipinski definition) is 1. The molecular formula is C11H14N4S. The molecule has 1 N–H and O–H groups in total. The highest BCUT2D eigenvalue weighted by Crippen LogP contribution is 2.30. The first-order valence-electron chi connectivity index (χ1n) is 5.13. The van der Waals surface area contributed by atoms with Gasteiger partial charge in [0.25, 0.3) is 0 Å². The fraction of sp³-hybridized carbons (Fsp3) is 0.364. The van der Waals surface area contributed by atoms with Crippen molar-refractivity contribution in [3.05, 3.63) is 29.2 Å². The molecule has 0 aliphatic carbocycles. The summed E-state index contributed by atoms with van der Waals surface area (Å²) in [5, 5.41) is 4.18. The molecule has 2 heterocycles. The van der Waals surface area contributed by atoms with Crippen molar-refractivity contribution in [3.63, 3.8) is 0 Å². The normalized spacial score (nSPS) is 12.7. The third-order valence-corrected chi connectivity index (χ3v) is 3.82. The van der Waals surface area contributed by atoms with E-state index in [0.29, 0.717) is 6.04 Å². The number of rotatable bonds is 3. The summed E-state index contributed by atoms with van der Waals surface area (Å²) in [6.07, 6.45) is 3.29. The summed E-state index contributed by atoms with van der Waals surface area (Å²) in [5.41, 5.74) is 1.96. The van der Waals surface area contributed by atoms with Crippen LogP contribution in [0.3, 0.4) is 0 Å². The van der Waals surface area contributed by atoms with Gasteiger partial charge in [-0.15, -0.1) is 11.3 Å². The van der Waals surface area contributed by atoms with Gasteiger partial charge in [-0.3, -0.25) is 0 Å². The second-order valence-corrected chi connectivity index (χ2v) is 4.60. The second-order valence-electron chi connectivity index (χ2n) is 3.57. The summed E-state index contributed by atoms with van der Waals surface area (Å²) < 4.78 is 0. The summed E-state index contributed by atoms with van der Waals surface area (Å²) in [5.74, 6) is 0. The van der Waals surface area contributed by atoms with E-state index in [-0.39, 0.29) is 0 Å². The van der Waals surface area contributed by atoms with Gasteiger partial charge in [0, 0.05) is 17.1 Å². The highest BCUT2D eigenvalue weighted by molar-refractivity contribution is 7.15. The quantitative estimate of drug-likeness (QED) is 0.884. The summed E-state index contributed by atoms with van der Waals surface area (Å²) in [7, 11) is 1.95. The van der Waals surface area contributed by atoms with E-state index in [2.05, 4.69) is 27.2 Å². The molecule has 0 radical (unpaired) electrons. The summed E-state index contributed by atoms with van der Waals surface area (Å²) >= 11 is 1.68. The summed E-state index contributed by atoms with van der Waals surface area (Å²) in [6, 6.07) is 2.21. The summed E-state index contributed by atoms with van der Waals surface area (Å²) in [6.45, 7) is 4.16. The van der Waals surface area contributed by atoms with Crippen molar-refractivity contribution in [2.24, 2.45) is 0 Å². The van der Waals surface area contributed by atoms with Gasteiger partial charge in [-0.1, -0.05) is 0 Å². The first kappa shape index (κ1) is 11.2. The molecule has 0 saturated heterocycles. The average molecular weight is 234 g/mol. The fourth-order valence-corrected chi connectivity index (χ4v) is 2.57. The van der Waals surface area contributed by atoms with E-state index in [1.54, 1.807) is 23.9 Å². The number of aryl methyl sites for hydroxylation is 1. The molecule has 0 aliphatic heterocycles. The molecular weight excluding hydrogens is 220 g/mol. The lowest BCUT2D eigenvalue weighted by Gasteiger charge is -2.06. The van der Waals surface area contributed by atoms with Crippen molar-refractivity contribution in [2.75, 3.05) is 7.05 Å². The molecule has 16 heavy (non-hydrogen) atoms. The highest BCUT2D eigenvalue weighted by Gasteiger charge is 2.14. The van der Waals surface area contributed by atoms with Crippen LogP contribution < -0.4 is 5.32 Å². The van der Waals surface area contributed by atoms with E-state index < -0.39 is 0 Å². The zero-order valence-electron chi connectivity index (χ0n) is 9.56. The number of thiazole rings is 1. The molecule has 0 aromatic carbocycles. The van der Waals surface area contributed by atoms with Crippen molar-refractivity contribution in [1.29, 1.82) is 0 Å². The van der Waals surface area contributed by atoms with E-state index >= 15 is 0 Å². The lowest BCUT2D eigenvalue weighted by Crippen LogP contribution is -2.11. The maximum atomic E-state index is 4.54. The smallest absolute Gasteiger partial charge is 0.142 e. The Balaban J connectivity index is 2.38. The maximum Gasteiger partial charge on any atom is 0.142 e. The zero-order valence-corrected chi connectivity index (χ0v) is 10.4. The largest absolute Gasteiger partial charge is 0.312 e. The van der Waals surface area contributed by atoms with Crippen LogP contribution in [-0.2, 0) is 0 Å². The van der Waals surface area contributed by atoms with E-state index in [1.165, 1.54) is 4.88 Å². The van der Waals surface area contributed by atoms with Crippen LogP contribution in [0.15, 0.2) is 18.6 Å². The van der Waals surface area contributed by atoms with Gasteiger partial charge < -0.3 is 5.32 Å². The molecule has 0 fully saturated rings. The molecule has 2 rings (SSSR count). The Hall–Kier alpha value is -1.33. The Bertz CT molecular complexity index is 466. The van der Waals surface area contributed by atoms with E-state index in [9.17, 15) is 0 Å². The van der Waals surface area contributed by atoms with Crippen molar-refractivity contribution < 1.29 is 0 Å². The molecule has 4 nitrogen and oxygen atoms in total. The Labute approximate surface area is 98.8 Å². The molecule has 84 valence electrons. The summed E-state index contributed by atoms with van der Waals surface area (Å²) in [4.78, 5) is 13.9. The lowest BCUT2D eigenvalue weighted by molar-refractivity contribution is 0.658. The standard InChI is InChI=1S/C11H14N4S/c1-7(12-3)10-8(2)15-11(16-10)9-4-5-13-6-14-9/h4-7,12H,1-3H3. The van der Waals surface area contributed by atoms with Crippen molar-refractivity contribution in [2.45, 2.75) is 19.9 Å². The number of nitrogens with one attached hydrogen (secondary N) is 1. The molecule has 1 atom stereocenters. The van der Waals surface area contributed by atoms with Crippen LogP contribution in [0, 0.1) is 6.92 Å². The van der Waals surface area contributed by atoms with Crippen LogP contribution in [0.4, 0.5) is 0 Å². The highest BCUT2D eigenvalue weighted by atomic mass is 32.1. The van der Waals surface area contributed by atoms with Crippen LogP contribution >= 0.6 is 11.3 Å². The average Bonchev–Trinajstić information content (AvgIpc) is 2.71. The maximum absolute atomic E-state index is 4.54. The molecule has 0 aliphatic rings. The minimum absolute atomic E-state index is 0.327. The number of aromatic nitrogens is 3. The minimum Gasteiger partial charge on any atom is -0.312 e. The van der Waals surface area contributed by atoms with E-state index in [1.807, 2.05) is 20.0 Å². The number of nitrogens with zero attached hydrogens (tertiary/aromatic N) is 3. The van der Waals surface area contributed by atoms with Gasteiger partial charge in [-0.25, -0.2) is 15.0 Å². The molecule has 0 amide bonds.